The van der Waals surface area contributed by atoms with E-state index in [0.717, 1.165) is 11.3 Å². The molecule has 2 N–H and O–H groups in total. The number of thioether (sulfide) groups is 1. The van der Waals surface area contributed by atoms with Gasteiger partial charge in [0.05, 0.1) is 18.8 Å². The molecule has 8 nitrogen and oxygen atoms in total. The Morgan fingerprint density at radius 1 is 1.15 bits per heavy atom. The quantitative estimate of drug-likeness (QED) is 0.292. The molecule has 1 heterocycles. The molecule has 0 aliphatic rings. The van der Waals surface area contributed by atoms with Crippen molar-refractivity contribution in [3.8, 4) is 5.75 Å². The molecule has 0 unspecified atom stereocenters. The molecule has 0 spiro atoms. The molecule has 0 saturated heterocycles. The molecular formula is C24H26ClN5O3S. The maximum absolute atomic E-state index is 12.6. The zero-order valence-electron chi connectivity index (χ0n) is 19.0. The molecule has 2 amide bonds. The summed E-state index contributed by atoms with van der Waals surface area (Å²) in [6.07, 6.45) is 1.72. The fraction of sp³-hybridized carbons (Fsp3) is 0.250. The molecule has 0 atom stereocenters. The molecule has 2 aromatic carbocycles. The third-order valence-electron chi connectivity index (χ3n) is 4.68. The molecule has 10 heteroatoms. The number of benzene rings is 2. The highest BCUT2D eigenvalue weighted by Gasteiger charge is 2.17. The summed E-state index contributed by atoms with van der Waals surface area (Å²) < 4.78 is 7.18. The van der Waals surface area contributed by atoms with E-state index in [1.165, 1.54) is 11.8 Å². The van der Waals surface area contributed by atoms with Crippen LogP contribution in [0.25, 0.3) is 0 Å². The van der Waals surface area contributed by atoms with Crippen molar-refractivity contribution in [2.24, 2.45) is 0 Å². The molecule has 0 bridgehead atoms. The van der Waals surface area contributed by atoms with Gasteiger partial charge < -0.3 is 19.9 Å². The van der Waals surface area contributed by atoms with Gasteiger partial charge in [0, 0.05) is 22.9 Å². The summed E-state index contributed by atoms with van der Waals surface area (Å²) in [5.41, 5.74) is 2.24. The Morgan fingerprint density at radius 3 is 2.62 bits per heavy atom. The van der Waals surface area contributed by atoms with Crippen molar-refractivity contribution in [2.75, 3.05) is 23.0 Å². The fourth-order valence-corrected chi connectivity index (χ4v) is 4.00. The van der Waals surface area contributed by atoms with Crippen LogP contribution in [0.1, 0.15) is 18.3 Å². The van der Waals surface area contributed by atoms with E-state index >= 15 is 0 Å². The molecule has 0 fully saturated rings. The lowest BCUT2D eigenvalue weighted by atomic mass is 10.2. The van der Waals surface area contributed by atoms with Gasteiger partial charge in [0.25, 0.3) is 0 Å². The number of nitrogens with one attached hydrogen (secondary N) is 2. The smallest absolute Gasteiger partial charge is 0.234 e. The minimum Gasteiger partial charge on any atom is -0.494 e. The van der Waals surface area contributed by atoms with Crippen molar-refractivity contribution in [3.63, 3.8) is 0 Å². The van der Waals surface area contributed by atoms with Crippen molar-refractivity contribution in [2.45, 2.75) is 32.0 Å². The summed E-state index contributed by atoms with van der Waals surface area (Å²) >= 11 is 7.25. The number of hydrogen-bond donors (Lipinski definition) is 2. The number of halogens is 1. The summed E-state index contributed by atoms with van der Waals surface area (Å²) in [6, 6.07) is 12.5. The van der Waals surface area contributed by atoms with Crippen LogP contribution >= 0.6 is 23.4 Å². The average Bonchev–Trinajstić information content (AvgIpc) is 3.17. The van der Waals surface area contributed by atoms with Crippen LogP contribution in [0.15, 0.2) is 60.3 Å². The van der Waals surface area contributed by atoms with E-state index in [1.807, 2.05) is 19.9 Å². The van der Waals surface area contributed by atoms with Gasteiger partial charge in [-0.15, -0.1) is 16.8 Å². The monoisotopic (exact) mass is 499 g/mol. The first-order chi connectivity index (χ1) is 16.4. The van der Waals surface area contributed by atoms with Gasteiger partial charge in [0.1, 0.15) is 11.6 Å². The third kappa shape index (κ3) is 7.10. The van der Waals surface area contributed by atoms with Crippen molar-refractivity contribution >= 4 is 46.6 Å². The number of allylic oxidation sites excluding steroid dienone is 1. The maximum atomic E-state index is 12.6. The Kier molecular flexibility index (Phi) is 9.12. The van der Waals surface area contributed by atoms with Gasteiger partial charge in [-0.2, -0.15) is 0 Å². The molecule has 0 aliphatic carbocycles. The third-order valence-corrected chi connectivity index (χ3v) is 5.88. The van der Waals surface area contributed by atoms with Crippen molar-refractivity contribution in [1.82, 2.24) is 14.8 Å². The number of amides is 2. The number of nitrogens with zero attached hydrogens (tertiary/aromatic N) is 3. The zero-order chi connectivity index (χ0) is 24.5. The van der Waals surface area contributed by atoms with E-state index in [4.69, 9.17) is 16.3 Å². The number of ether oxygens (including phenoxy) is 1. The first-order valence-corrected chi connectivity index (χ1v) is 12.0. The average molecular weight is 500 g/mol. The van der Waals surface area contributed by atoms with Crippen LogP contribution < -0.4 is 15.4 Å². The van der Waals surface area contributed by atoms with Crippen molar-refractivity contribution in [3.05, 3.63) is 71.5 Å². The van der Waals surface area contributed by atoms with Gasteiger partial charge in [-0.05, 0) is 55.8 Å². The molecule has 1 aromatic heterocycles. The lowest BCUT2D eigenvalue weighted by molar-refractivity contribution is -0.116. The van der Waals surface area contributed by atoms with Gasteiger partial charge in [-0.3, -0.25) is 9.59 Å². The summed E-state index contributed by atoms with van der Waals surface area (Å²) in [5, 5.41) is 15.1. The topological polar surface area (TPSA) is 98.1 Å². The van der Waals surface area contributed by atoms with E-state index in [0.29, 0.717) is 40.5 Å². The largest absolute Gasteiger partial charge is 0.494 e. The number of carbonyl (C=O) groups excluding carboxylic acids is 2. The summed E-state index contributed by atoms with van der Waals surface area (Å²) in [7, 11) is 0. The van der Waals surface area contributed by atoms with Gasteiger partial charge in [0.15, 0.2) is 5.16 Å². The number of carbonyl (C=O) groups is 2. The van der Waals surface area contributed by atoms with Crippen LogP contribution in [-0.2, 0) is 22.6 Å². The lowest BCUT2D eigenvalue weighted by Crippen LogP contribution is -2.18. The van der Waals surface area contributed by atoms with Crippen molar-refractivity contribution in [1.29, 1.82) is 0 Å². The van der Waals surface area contributed by atoms with Crippen LogP contribution in [0.3, 0.4) is 0 Å². The van der Waals surface area contributed by atoms with E-state index in [1.54, 1.807) is 47.0 Å². The van der Waals surface area contributed by atoms with Crippen LogP contribution in [0.4, 0.5) is 11.4 Å². The molecule has 178 valence electrons. The maximum Gasteiger partial charge on any atom is 0.234 e. The first-order valence-electron chi connectivity index (χ1n) is 10.6. The van der Waals surface area contributed by atoms with Crippen LogP contribution in [0, 0.1) is 6.92 Å². The van der Waals surface area contributed by atoms with Crippen LogP contribution in [0.5, 0.6) is 5.75 Å². The second kappa shape index (κ2) is 12.2. The molecule has 3 aromatic rings. The Bertz CT molecular complexity index is 1160. The van der Waals surface area contributed by atoms with E-state index in [-0.39, 0.29) is 24.0 Å². The number of anilines is 2. The second-order valence-corrected chi connectivity index (χ2v) is 8.66. The predicted octanol–water partition coefficient (Wildman–Crippen LogP) is 4.74. The minimum atomic E-state index is -0.229. The predicted molar refractivity (Wildman–Crippen MR) is 136 cm³/mol. The summed E-state index contributed by atoms with van der Waals surface area (Å²) in [6.45, 7) is 8.56. The molecule has 34 heavy (non-hydrogen) atoms. The fourth-order valence-electron chi connectivity index (χ4n) is 3.06. The highest BCUT2D eigenvalue weighted by atomic mass is 35.5. The number of aryl methyl sites for hydroxylation is 1. The van der Waals surface area contributed by atoms with E-state index in [9.17, 15) is 9.59 Å². The van der Waals surface area contributed by atoms with Gasteiger partial charge in [-0.1, -0.05) is 35.5 Å². The van der Waals surface area contributed by atoms with Crippen molar-refractivity contribution < 1.29 is 14.3 Å². The highest BCUT2D eigenvalue weighted by molar-refractivity contribution is 7.99. The molecule has 3 rings (SSSR count). The van der Waals surface area contributed by atoms with E-state index in [2.05, 4.69) is 27.4 Å². The van der Waals surface area contributed by atoms with Gasteiger partial charge in [-0.25, -0.2) is 0 Å². The first kappa shape index (κ1) is 25.3. The Balaban J connectivity index is 1.60. The number of rotatable bonds is 11. The van der Waals surface area contributed by atoms with Crippen LogP contribution in [0.2, 0.25) is 5.02 Å². The summed E-state index contributed by atoms with van der Waals surface area (Å²) in [5.74, 6) is 0.921. The van der Waals surface area contributed by atoms with Gasteiger partial charge >= 0.3 is 0 Å². The summed E-state index contributed by atoms with van der Waals surface area (Å²) in [4.78, 5) is 25.0. The second-order valence-electron chi connectivity index (χ2n) is 7.28. The highest BCUT2D eigenvalue weighted by Crippen LogP contribution is 2.22. The number of aromatic nitrogens is 3. The molecule has 0 radical (unpaired) electrons. The lowest BCUT2D eigenvalue weighted by Gasteiger charge is -2.10. The molecule has 0 saturated carbocycles. The number of hydrogen-bond acceptors (Lipinski definition) is 6. The Morgan fingerprint density at radius 2 is 1.91 bits per heavy atom. The molecule has 0 aliphatic heterocycles. The normalized spacial score (nSPS) is 10.6. The Hall–Kier alpha value is -3.30. The van der Waals surface area contributed by atoms with Gasteiger partial charge in [0.2, 0.25) is 11.8 Å². The standard InChI is InChI=1S/C24H26ClN5O3S/c1-4-12-30-21(14-22(31)26-18-8-10-19(11-9-18)33-5-2)28-29-24(30)34-15-23(32)27-20-13-17(25)7-6-16(20)3/h4,6-11,13H,1,5,12,14-15H2,2-3H3,(H,26,31)(H,27,32). The van der Waals surface area contributed by atoms with E-state index < -0.39 is 0 Å². The Labute approximate surface area is 207 Å². The minimum absolute atomic E-state index is 0.0303. The van der Waals surface area contributed by atoms with Crippen LogP contribution in [-0.4, -0.2) is 38.9 Å². The SMILES string of the molecule is C=CCn1c(CC(=O)Nc2ccc(OCC)cc2)nnc1SCC(=O)Nc1cc(Cl)ccc1C. The zero-order valence-corrected chi connectivity index (χ0v) is 20.6. The molecular weight excluding hydrogens is 474 g/mol.